The van der Waals surface area contributed by atoms with E-state index >= 15 is 4.79 Å². The average Bonchev–Trinajstić information content (AvgIpc) is 3.36. The minimum atomic E-state index is -0.921. The number of halogens is 1. The molecule has 4 saturated carbocycles. The van der Waals surface area contributed by atoms with Crippen LogP contribution in [-0.2, 0) is 30.4 Å². The van der Waals surface area contributed by atoms with Gasteiger partial charge in [-0.3, -0.25) is 19.3 Å². The molecular formula is C45H64ClNO6. The highest BCUT2D eigenvalue weighted by molar-refractivity contribution is 6.30. The van der Waals surface area contributed by atoms with E-state index in [1.807, 2.05) is 32.9 Å². The van der Waals surface area contributed by atoms with Crippen LogP contribution in [0.5, 0.6) is 0 Å². The first kappa shape index (κ1) is 40.0. The third-order valence-corrected chi connectivity index (χ3v) is 15.7. The first-order valence-electron chi connectivity index (χ1n) is 20.2. The molecule has 0 aliphatic heterocycles. The van der Waals surface area contributed by atoms with Crippen LogP contribution in [0.15, 0.2) is 35.4 Å². The summed E-state index contributed by atoms with van der Waals surface area (Å²) in [6.45, 7) is 23.5. The Balaban J connectivity index is 1.36. The van der Waals surface area contributed by atoms with Crippen LogP contribution in [-0.4, -0.2) is 46.8 Å². The number of carbonyl (C=O) groups is 4. The molecule has 0 heterocycles. The second-order valence-electron chi connectivity index (χ2n) is 20.1. The van der Waals surface area contributed by atoms with Gasteiger partial charge < -0.3 is 9.47 Å². The Morgan fingerprint density at radius 2 is 1.55 bits per heavy atom. The van der Waals surface area contributed by atoms with Crippen LogP contribution in [0.4, 0.5) is 4.79 Å². The normalized spacial score (nSPS) is 36.2. The van der Waals surface area contributed by atoms with Crippen molar-refractivity contribution in [1.29, 1.82) is 0 Å². The van der Waals surface area contributed by atoms with E-state index < -0.39 is 17.1 Å². The Labute approximate surface area is 323 Å². The number of benzene rings is 1. The zero-order chi connectivity index (χ0) is 39.1. The summed E-state index contributed by atoms with van der Waals surface area (Å²) in [5.41, 5.74) is 1.04. The Kier molecular flexibility index (Phi) is 10.2. The molecule has 5 aliphatic rings. The van der Waals surface area contributed by atoms with Crippen LogP contribution in [0.25, 0.3) is 0 Å². The van der Waals surface area contributed by atoms with Crippen LogP contribution in [0.2, 0.25) is 5.02 Å². The van der Waals surface area contributed by atoms with Crippen molar-refractivity contribution < 1.29 is 28.7 Å². The van der Waals surface area contributed by atoms with Gasteiger partial charge in [0.2, 0.25) is 0 Å². The van der Waals surface area contributed by atoms with Crippen molar-refractivity contribution >= 4 is 35.2 Å². The molecule has 0 aromatic heterocycles. The van der Waals surface area contributed by atoms with E-state index in [0.29, 0.717) is 23.3 Å². The molecule has 5 aliphatic carbocycles. The van der Waals surface area contributed by atoms with Gasteiger partial charge in [-0.05, 0) is 141 Å². The second-order valence-corrected chi connectivity index (χ2v) is 20.6. The molecule has 0 N–H and O–H groups in total. The van der Waals surface area contributed by atoms with Crippen molar-refractivity contribution in [2.24, 2.45) is 50.7 Å². The molecule has 4 fully saturated rings. The first-order chi connectivity index (χ1) is 24.5. The lowest BCUT2D eigenvalue weighted by molar-refractivity contribution is -0.232. The fraction of sp³-hybridized carbons (Fsp3) is 0.733. The largest absolute Gasteiger partial charge is 0.462 e. The maximum atomic E-state index is 15.1. The van der Waals surface area contributed by atoms with Crippen molar-refractivity contribution in [1.82, 2.24) is 4.90 Å². The minimum Gasteiger partial charge on any atom is -0.462 e. The maximum Gasteiger partial charge on any atom is 0.410 e. The third-order valence-electron chi connectivity index (χ3n) is 15.5. The summed E-state index contributed by atoms with van der Waals surface area (Å²) < 4.78 is 11.8. The number of amides is 1. The number of rotatable bonds is 7. The Hall–Kier alpha value is -2.67. The van der Waals surface area contributed by atoms with Crippen LogP contribution in [0, 0.1) is 50.7 Å². The van der Waals surface area contributed by atoms with Crippen LogP contribution in [0.3, 0.4) is 0 Å². The number of hydrogen-bond donors (Lipinski definition) is 0. The lowest BCUT2D eigenvalue weighted by Gasteiger charge is -2.72. The summed E-state index contributed by atoms with van der Waals surface area (Å²) in [5, 5.41) is 0.600. The molecule has 1 aromatic carbocycles. The molecule has 292 valence electrons. The number of carbonyl (C=O) groups excluding carboxylic acids is 4. The van der Waals surface area contributed by atoms with E-state index in [4.69, 9.17) is 21.1 Å². The average molecular weight is 750 g/mol. The number of Topliss-reactive ketones (excluding diaryl/α,β-unsaturated/α-hetero) is 2. The summed E-state index contributed by atoms with van der Waals surface area (Å²) in [6, 6.07) is 7.31. The van der Waals surface area contributed by atoms with E-state index in [1.54, 1.807) is 12.1 Å². The highest BCUT2D eigenvalue weighted by atomic mass is 35.5. The van der Waals surface area contributed by atoms with E-state index in [9.17, 15) is 14.4 Å². The number of fused-ring (bicyclic) bond motifs is 7. The van der Waals surface area contributed by atoms with Crippen LogP contribution >= 0.6 is 11.6 Å². The zero-order valence-electron chi connectivity index (χ0n) is 34.2. The SMILES string of the molecule is CC(=O)O[C@H]1CC[C@]2(C)[C@H]3CC[C@@H]4C5=C(C(C)C)C(=O)C[C@]5(C(=O)CN(Cc5ccc(Cl)cc5)C(=O)OC(C)(C)C)CC[C@@]4(C)[C@]3(C)CC[C@H]2C1(C)C. The summed E-state index contributed by atoms with van der Waals surface area (Å²) in [4.78, 5) is 56.7. The summed E-state index contributed by atoms with van der Waals surface area (Å²) in [6.07, 6.45) is 7.12. The topological polar surface area (TPSA) is 90.0 Å². The zero-order valence-corrected chi connectivity index (χ0v) is 35.0. The quantitative estimate of drug-likeness (QED) is 0.258. The molecule has 8 atom stereocenters. The highest BCUT2D eigenvalue weighted by Crippen LogP contribution is 2.76. The van der Waals surface area contributed by atoms with E-state index in [-0.39, 0.29) is 76.6 Å². The van der Waals surface area contributed by atoms with E-state index in [2.05, 4.69) is 48.5 Å². The number of ketones is 2. The van der Waals surface area contributed by atoms with Crippen molar-refractivity contribution in [3.8, 4) is 0 Å². The van der Waals surface area contributed by atoms with Gasteiger partial charge in [0.25, 0.3) is 0 Å². The van der Waals surface area contributed by atoms with Crippen molar-refractivity contribution in [2.75, 3.05) is 6.54 Å². The minimum absolute atomic E-state index is 0.00156. The molecule has 0 unspecified atom stereocenters. The third kappa shape index (κ3) is 6.51. The molecular weight excluding hydrogens is 686 g/mol. The monoisotopic (exact) mass is 749 g/mol. The molecule has 0 saturated heterocycles. The van der Waals surface area contributed by atoms with Crippen molar-refractivity contribution in [3.63, 3.8) is 0 Å². The maximum absolute atomic E-state index is 15.1. The standard InChI is InChI=1S/C45H64ClNO6/c1-27(2)37-32(49)24-45(35(50)26-47(39(51)53-40(4,5)6)25-29-12-14-30(46)15-13-29)23-22-43(10)31(38(37)45)16-17-34-42(9)20-19-36(52-28(3)48)41(7,8)33(42)18-21-44(34,43)11/h12-15,27,31,33-34,36H,16-26H2,1-11H3/t31-,33+,34-,36+,42+,43-,44-,45+/m1/s1. The Morgan fingerprint density at radius 1 is 0.887 bits per heavy atom. The molecule has 0 bridgehead atoms. The molecule has 8 heteroatoms. The lowest BCUT2D eigenvalue weighted by Crippen LogP contribution is -2.66. The predicted octanol–water partition coefficient (Wildman–Crippen LogP) is 10.6. The smallest absolute Gasteiger partial charge is 0.410 e. The van der Waals surface area contributed by atoms with Gasteiger partial charge in [0.1, 0.15) is 11.7 Å². The van der Waals surface area contributed by atoms with E-state index in [0.717, 1.165) is 61.7 Å². The van der Waals surface area contributed by atoms with Crippen LogP contribution in [0.1, 0.15) is 140 Å². The Morgan fingerprint density at radius 3 is 2.15 bits per heavy atom. The van der Waals surface area contributed by atoms with Gasteiger partial charge >= 0.3 is 12.1 Å². The van der Waals surface area contributed by atoms with Crippen molar-refractivity contribution in [2.45, 2.75) is 152 Å². The van der Waals surface area contributed by atoms with Gasteiger partial charge in [-0.15, -0.1) is 0 Å². The van der Waals surface area contributed by atoms with Crippen molar-refractivity contribution in [3.05, 3.63) is 46.0 Å². The second kappa shape index (κ2) is 13.5. The van der Waals surface area contributed by atoms with Gasteiger partial charge in [0.05, 0.1) is 12.0 Å². The van der Waals surface area contributed by atoms with Crippen LogP contribution < -0.4 is 0 Å². The van der Waals surface area contributed by atoms with Gasteiger partial charge in [0, 0.05) is 30.3 Å². The predicted molar refractivity (Wildman–Crippen MR) is 208 cm³/mol. The molecule has 0 spiro atoms. The number of ether oxygens (including phenoxy) is 2. The molecule has 6 rings (SSSR count). The first-order valence-corrected chi connectivity index (χ1v) is 20.6. The fourth-order valence-electron chi connectivity index (χ4n) is 13.0. The summed E-state index contributed by atoms with van der Waals surface area (Å²) >= 11 is 6.18. The lowest BCUT2D eigenvalue weighted by atomic mass is 9.33. The highest BCUT2D eigenvalue weighted by Gasteiger charge is 2.71. The van der Waals surface area contributed by atoms with Gasteiger partial charge in [0.15, 0.2) is 11.6 Å². The summed E-state index contributed by atoms with van der Waals surface area (Å²) in [5.74, 6) is 0.893. The number of hydrogen-bond acceptors (Lipinski definition) is 6. The van der Waals surface area contributed by atoms with Gasteiger partial charge in [-0.2, -0.15) is 0 Å². The molecule has 53 heavy (non-hydrogen) atoms. The van der Waals surface area contributed by atoms with E-state index in [1.165, 1.54) is 11.8 Å². The van der Waals surface area contributed by atoms with Gasteiger partial charge in [-0.1, -0.05) is 72.2 Å². The number of nitrogens with zero attached hydrogens (tertiary/aromatic N) is 1. The fourth-order valence-corrected chi connectivity index (χ4v) is 13.1. The summed E-state index contributed by atoms with van der Waals surface area (Å²) in [7, 11) is 0. The molecule has 1 aromatic rings. The molecule has 0 radical (unpaired) electrons. The number of allylic oxidation sites excluding steroid dienone is 2. The Bertz CT molecular complexity index is 1690. The molecule has 1 amide bonds. The molecule has 7 nitrogen and oxygen atoms in total. The number of esters is 1. The van der Waals surface area contributed by atoms with Gasteiger partial charge in [-0.25, -0.2) is 4.79 Å².